The highest BCUT2D eigenvalue weighted by Crippen LogP contribution is 2.19. The smallest absolute Gasteiger partial charge is 0.0923 e. The third-order valence-corrected chi connectivity index (χ3v) is 1.86. The fourth-order valence-corrected chi connectivity index (χ4v) is 1.19. The molecule has 59 valence electrons. The first kappa shape index (κ1) is 7.10. The highest BCUT2D eigenvalue weighted by Gasteiger charge is 2.00. The largest absolute Gasteiger partial charge is 0.285 e. The number of aryl methyl sites for hydroxylation is 1. The summed E-state index contributed by atoms with van der Waals surface area (Å²) < 4.78 is 0. The molecule has 0 bridgehead atoms. The minimum Gasteiger partial charge on any atom is -0.285 e. The van der Waals surface area contributed by atoms with E-state index in [1.165, 1.54) is 5.56 Å². The van der Waals surface area contributed by atoms with Crippen molar-refractivity contribution in [3.8, 4) is 11.3 Å². The number of nitrogens with one attached hydrogen (secondary N) is 1. The van der Waals surface area contributed by atoms with Crippen LogP contribution in [0.15, 0.2) is 30.5 Å². The lowest BCUT2D eigenvalue weighted by molar-refractivity contribution is 1.09. The van der Waals surface area contributed by atoms with Crippen molar-refractivity contribution in [3.63, 3.8) is 0 Å². The summed E-state index contributed by atoms with van der Waals surface area (Å²) in [6, 6.07) is 10.9. The SMILES string of the molecule is Cc1cc[c]cc1-c1cc[nH]n1. The lowest BCUT2D eigenvalue weighted by Gasteiger charge is -1.99. The molecular weight excluding hydrogens is 148 g/mol. The second-order valence-electron chi connectivity index (χ2n) is 2.70. The summed E-state index contributed by atoms with van der Waals surface area (Å²) in [6.07, 6.45) is 1.82. The molecule has 0 saturated carbocycles. The summed E-state index contributed by atoms with van der Waals surface area (Å²) in [5.74, 6) is 0. The van der Waals surface area contributed by atoms with Gasteiger partial charge in [0.2, 0.25) is 0 Å². The molecule has 1 heterocycles. The quantitative estimate of drug-likeness (QED) is 0.675. The molecule has 0 saturated heterocycles. The zero-order valence-electron chi connectivity index (χ0n) is 6.83. The normalized spacial score (nSPS) is 10.1. The molecular formula is C10H9N2. The summed E-state index contributed by atoms with van der Waals surface area (Å²) in [5, 5.41) is 6.89. The van der Waals surface area contributed by atoms with E-state index in [4.69, 9.17) is 0 Å². The Morgan fingerprint density at radius 3 is 3.00 bits per heavy atom. The zero-order chi connectivity index (χ0) is 8.39. The van der Waals surface area contributed by atoms with Gasteiger partial charge in [-0.25, -0.2) is 0 Å². The van der Waals surface area contributed by atoms with Crippen LogP contribution in [0.4, 0.5) is 0 Å². The van der Waals surface area contributed by atoms with E-state index in [0.29, 0.717) is 0 Å². The summed E-state index contributed by atoms with van der Waals surface area (Å²) in [4.78, 5) is 0. The van der Waals surface area contributed by atoms with Crippen molar-refractivity contribution in [3.05, 3.63) is 42.1 Å². The molecule has 0 aliphatic heterocycles. The predicted octanol–water partition coefficient (Wildman–Crippen LogP) is 2.19. The van der Waals surface area contributed by atoms with Crippen LogP contribution in [0.3, 0.4) is 0 Å². The van der Waals surface area contributed by atoms with Crippen molar-refractivity contribution in [2.45, 2.75) is 6.92 Å². The molecule has 0 fully saturated rings. The Balaban J connectivity index is 2.55. The third-order valence-electron chi connectivity index (χ3n) is 1.86. The molecule has 1 radical (unpaired) electrons. The standard InChI is InChI=1S/C10H9N2/c1-8-4-2-3-5-9(8)10-6-7-11-12-10/h2,4-7H,1H3,(H,11,12). The van der Waals surface area contributed by atoms with Gasteiger partial charge in [-0.2, -0.15) is 5.10 Å². The highest BCUT2D eigenvalue weighted by atomic mass is 15.1. The van der Waals surface area contributed by atoms with Crippen molar-refractivity contribution in [1.29, 1.82) is 0 Å². The number of aromatic amines is 1. The van der Waals surface area contributed by atoms with Crippen molar-refractivity contribution in [2.24, 2.45) is 0 Å². The zero-order valence-corrected chi connectivity index (χ0v) is 6.83. The molecule has 12 heavy (non-hydrogen) atoms. The number of rotatable bonds is 1. The van der Waals surface area contributed by atoms with E-state index >= 15 is 0 Å². The van der Waals surface area contributed by atoms with Gasteiger partial charge in [0.25, 0.3) is 0 Å². The molecule has 2 heteroatoms. The molecule has 2 rings (SSSR count). The minimum atomic E-state index is 0.976. The van der Waals surface area contributed by atoms with Crippen LogP contribution >= 0.6 is 0 Å². The number of H-pyrrole nitrogens is 1. The number of hydrogen-bond donors (Lipinski definition) is 1. The van der Waals surface area contributed by atoms with Crippen LogP contribution < -0.4 is 0 Å². The average Bonchev–Trinajstić information content (AvgIpc) is 2.57. The fourth-order valence-electron chi connectivity index (χ4n) is 1.19. The van der Waals surface area contributed by atoms with E-state index in [0.717, 1.165) is 11.3 Å². The van der Waals surface area contributed by atoms with Gasteiger partial charge in [0.05, 0.1) is 5.69 Å². The van der Waals surface area contributed by atoms with E-state index in [9.17, 15) is 0 Å². The van der Waals surface area contributed by atoms with Crippen LogP contribution in [-0.4, -0.2) is 10.2 Å². The van der Waals surface area contributed by atoms with Crippen molar-refractivity contribution >= 4 is 0 Å². The molecule has 1 aromatic carbocycles. The van der Waals surface area contributed by atoms with Crippen molar-refractivity contribution in [2.75, 3.05) is 0 Å². The third kappa shape index (κ3) is 1.11. The number of hydrogen-bond acceptors (Lipinski definition) is 1. The molecule has 0 aliphatic rings. The van der Waals surface area contributed by atoms with Gasteiger partial charge in [0.1, 0.15) is 0 Å². The summed E-state index contributed by atoms with van der Waals surface area (Å²) in [6.45, 7) is 2.07. The van der Waals surface area contributed by atoms with E-state index in [-0.39, 0.29) is 0 Å². The molecule has 0 spiro atoms. The van der Waals surface area contributed by atoms with Gasteiger partial charge in [-0.15, -0.1) is 0 Å². The highest BCUT2D eigenvalue weighted by molar-refractivity contribution is 5.62. The van der Waals surface area contributed by atoms with Crippen LogP contribution in [-0.2, 0) is 0 Å². The van der Waals surface area contributed by atoms with Crippen molar-refractivity contribution in [1.82, 2.24) is 10.2 Å². The number of nitrogens with zero attached hydrogens (tertiary/aromatic N) is 1. The Bertz CT molecular complexity index is 363. The first-order valence-electron chi connectivity index (χ1n) is 3.85. The second-order valence-corrected chi connectivity index (χ2v) is 2.70. The van der Waals surface area contributed by atoms with Crippen LogP contribution in [0.5, 0.6) is 0 Å². The summed E-state index contributed by atoms with van der Waals surface area (Å²) in [7, 11) is 0. The Hall–Kier alpha value is -1.57. The topological polar surface area (TPSA) is 28.7 Å². The molecule has 0 amide bonds. The minimum absolute atomic E-state index is 0.976. The van der Waals surface area contributed by atoms with Gasteiger partial charge in [-0.1, -0.05) is 12.1 Å². The molecule has 1 N–H and O–H groups in total. The Kier molecular flexibility index (Phi) is 1.67. The van der Waals surface area contributed by atoms with E-state index in [1.807, 2.05) is 30.5 Å². The molecule has 2 nitrogen and oxygen atoms in total. The van der Waals surface area contributed by atoms with Gasteiger partial charge >= 0.3 is 0 Å². The van der Waals surface area contributed by atoms with E-state index < -0.39 is 0 Å². The maximum Gasteiger partial charge on any atom is 0.0923 e. The molecule has 0 unspecified atom stereocenters. The van der Waals surface area contributed by atoms with Crippen LogP contribution in [0, 0.1) is 13.0 Å². The van der Waals surface area contributed by atoms with Crippen LogP contribution in [0.25, 0.3) is 11.3 Å². The van der Waals surface area contributed by atoms with E-state index in [2.05, 4.69) is 23.2 Å². The lowest BCUT2D eigenvalue weighted by Crippen LogP contribution is -1.82. The van der Waals surface area contributed by atoms with Gasteiger partial charge in [-0.3, -0.25) is 5.10 Å². The maximum absolute atomic E-state index is 4.10. The fraction of sp³-hybridized carbons (Fsp3) is 0.100. The summed E-state index contributed by atoms with van der Waals surface area (Å²) >= 11 is 0. The molecule has 1 aromatic heterocycles. The maximum atomic E-state index is 4.10. The Morgan fingerprint density at radius 1 is 1.42 bits per heavy atom. The first-order valence-corrected chi connectivity index (χ1v) is 3.85. The van der Waals surface area contributed by atoms with Gasteiger partial charge < -0.3 is 0 Å². The van der Waals surface area contributed by atoms with Crippen LogP contribution in [0.1, 0.15) is 5.56 Å². The molecule has 0 aliphatic carbocycles. The van der Waals surface area contributed by atoms with E-state index in [1.54, 1.807) is 0 Å². The Morgan fingerprint density at radius 2 is 2.33 bits per heavy atom. The average molecular weight is 157 g/mol. The first-order chi connectivity index (χ1) is 5.88. The molecule has 2 aromatic rings. The van der Waals surface area contributed by atoms with Crippen LogP contribution in [0.2, 0.25) is 0 Å². The Labute approximate surface area is 71.3 Å². The van der Waals surface area contributed by atoms with Gasteiger partial charge in [0, 0.05) is 11.8 Å². The monoisotopic (exact) mass is 157 g/mol. The lowest BCUT2D eigenvalue weighted by atomic mass is 10.1. The predicted molar refractivity (Wildman–Crippen MR) is 47.6 cm³/mol. The number of aromatic nitrogens is 2. The van der Waals surface area contributed by atoms with Crippen molar-refractivity contribution < 1.29 is 0 Å². The van der Waals surface area contributed by atoms with Gasteiger partial charge in [0.15, 0.2) is 0 Å². The number of benzene rings is 1. The second kappa shape index (κ2) is 2.81. The molecule has 0 atom stereocenters. The van der Waals surface area contributed by atoms with Gasteiger partial charge in [-0.05, 0) is 30.7 Å². The summed E-state index contributed by atoms with van der Waals surface area (Å²) in [5.41, 5.74) is 3.34.